The SMILES string of the molecule is CCCCOCC(F)(F)c1ccccc1. The summed E-state index contributed by atoms with van der Waals surface area (Å²) in [4.78, 5) is 0. The second-order valence-corrected chi connectivity index (χ2v) is 3.48. The highest BCUT2D eigenvalue weighted by molar-refractivity contribution is 5.19. The predicted molar refractivity (Wildman–Crippen MR) is 56.1 cm³/mol. The van der Waals surface area contributed by atoms with E-state index in [1.165, 1.54) is 12.1 Å². The molecule has 0 N–H and O–H groups in total. The quantitative estimate of drug-likeness (QED) is 0.657. The Labute approximate surface area is 89.1 Å². The van der Waals surface area contributed by atoms with Gasteiger partial charge in [-0.2, -0.15) is 8.78 Å². The maximum absolute atomic E-state index is 13.5. The van der Waals surface area contributed by atoms with Gasteiger partial charge in [-0.25, -0.2) is 0 Å². The fraction of sp³-hybridized carbons (Fsp3) is 0.500. The third-order valence-electron chi connectivity index (χ3n) is 2.12. The molecule has 0 aliphatic rings. The lowest BCUT2D eigenvalue weighted by Gasteiger charge is -2.16. The summed E-state index contributed by atoms with van der Waals surface area (Å²) in [5.41, 5.74) is 0.0153. The molecule has 0 saturated carbocycles. The Hall–Kier alpha value is -0.960. The molecule has 84 valence electrons. The Kier molecular flexibility index (Phi) is 4.69. The average molecular weight is 214 g/mol. The molecule has 0 bridgehead atoms. The molecule has 0 spiro atoms. The molecule has 0 aliphatic heterocycles. The molecule has 1 aromatic rings. The number of halogens is 2. The van der Waals surface area contributed by atoms with Gasteiger partial charge in [0.15, 0.2) is 0 Å². The van der Waals surface area contributed by atoms with Gasteiger partial charge in [-0.15, -0.1) is 0 Å². The van der Waals surface area contributed by atoms with Crippen molar-refractivity contribution in [3.8, 4) is 0 Å². The van der Waals surface area contributed by atoms with Crippen LogP contribution < -0.4 is 0 Å². The minimum absolute atomic E-state index is 0.0153. The molecular formula is C12H16F2O. The zero-order valence-electron chi connectivity index (χ0n) is 8.88. The molecule has 0 heterocycles. The zero-order valence-corrected chi connectivity index (χ0v) is 8.88. The van der Waals surface area contributed by atoms with E-state index in [-0.39, 0.29) is 5.56 Å². The van der Waals surface area contributed by atoms with Crippen molar-refractivity contribution >= 4 is 0 Å². The van der Waals surface area contributed by atoms with Gasteiger partial charge in [0.2, 0.25) is 0 Å². The number of unbranched alkanes of at least 4 members (excludes halogenated alkanes) is 1. The normalized spacial score (nSPS) is 11.7. The summed E-state index contributed by atoms with van der Waals surface area (Å²) in [5, 5.41) is 0. The molecule has 0 aliphatic carbocycles. The van der Waals surface area contributed by atoms with E-state index < -0.39 is 12.5 Å². The summed E-state index contributed by atoms with van der Waals surface area (Å²) in [6, 6.07) is 7.77. The van der Waals surface area contributed by atoms with Gasteiger partial charge in [0.25, 0.3) is 5.92 Å². The summed E-state index contributed by atoms with van der Waals surface area (Å²) in [5.74, 6) is -2.88. The number of hydrogen-bond acceptors (Lipinski definition) is 1. The first kappa shape index (κ1) is 12.1. The van der Waals surface area contributed by atoms with E-state index in [9.17, 15) is 8.78 Å². The van der Waals surface area contributed by atoms with Crippen LogP contribution in [0.3, 0.4) is 0 Å². The number of hydrogen-bond donors (Lipinski definition) is 0. The van der Waals surface area contributed by atoms with Crippen LogP contribution in [0, 0.1) is 0 Å². The fourth-order valence-corrected chi connectivity index (χ4v) is 1.21. The molecule has 1 rings (SSSR count). The van der Waals surface area contributed by atoms with E-state index >= 15 is 0 Å². The van der Waals surface area contributed by atoms with Crippen molar-refractivity contribution in [1.29, 1.82) is 0 Å². The van der Waals surface area contributed by atoms with Gasteiger partial charge in [0.1, 0.15) is 6.61 Å². The van der Waals surface area contributed by atoms with E-state index in [4.69, 9.17) is 4.74 Å². The third-order valence-corrected chi connectivity index (χ3v) is 2.12. The molecule has 1 aromatic carbocycles. The Balaban J connectivity index is 2.45. The average Bonchev–Trinajstić information content (AvgIpc) is 2.26. The van der Waals surface area contributed by atoms with Crippen LogP contribution in [0.15, 0.2) is 30.3 Å². The van der Waals surface area contributed by atoms with Crippen molar-refractivity contribution in [3.05, 3.63) is 35.9 Å². The van der Waals surface area contributed by atoms with Crippen LogP contribution in [0.5, 0.6) is 0 Å². The Bertz CT molecular complexity index is 272. The van der Waals surface area contributed by atoms with Crippen molar-refractivity contribution in [2.45, 2.75) is 25.7 Å². The maximum Gasteiger partial charge on any atom is 0.296 e. The number of ether oxygens (including phenoxy) is 1. The lowest BCUT2D eigenvalue weighted by atomic mass is 10.1. The minimum atomic E-state index is -2.88. The van der Waals surface area contributed by atoms with Crippen molar-refractivity contribution in [2.75, 3.05) is 13.2 Å². The van der Waals surface area contributed by atoms with Crippen molar-refractivity contribution in [2.24, 2.45) is 0 Å². The molecule has 0 saturated heterocycles. The van der Waals surface area contributed by atoms with E-state index in [0.717, 1.165) is 12.8 Å². The largest absolute Gasteiger partial charge is 0.375 e. The monoisotopic (exact) mass is 214 g/mol. The molecule has 0 amide bonds. The smallest absolute Gasteiger partial charge is 0.296 e. The highest BCUT2D eigenvalue weighted by Crippen LogP contribution is 2.27. The maximum atomic E-state index is 13.5. The Morgan fingerprint density at radius 2 is 1.87 bits per heavy atom. The highest BCUT2D eigenvalue weighted by atomic mass is 19.3. The van der Waals surface area contributed by atoms with Crippen LogP contribution in [0.25, 0.3) is 0 Å². The van der Waals surface area contributed by atoms with Crippen LogP contribution in [0.2, 0.25) is 0 Å². The summed E-state index contributed by atoms with van der Waals surface area (Å²) in [6.07, 6.45) is 1.78. The van der Waals surface area contributed by atoms with Crippen molar-refractivity contribution in [1.82, 2.24) is 0 Å². The van der Waals surface area contributed by atoms with Crippen LogP contribution in [0.4, 0.5) is 8.78 Å². The van der Waals surface area contributed by atoms with E-state index in [0.29, 0.717) is 6.61 Å². The number of rotatable bonds is 6. The van der Waals surface area contributed by atoms with E-state index in [2.05, 4.69) is 0 Å². The first-order valence-electron chi connectivity index (χ1n) is 5.18. The summed E-state index contributed by atoms with van der Waals surface area (Å²) >= 11 is 0. The molecule has 0 atom stereocenters. The standard InChI is InChI=1S/C12H16F2O/c1-2-3-9-15-10-12(13,14)11-7-5-4-6-8-11/h4-8H,2-3,9-10H2,1H3. The minimum Gasteiger partial charge on any atom is -0.375 e. The Morgan fingerprint density at radius 3 is 2.47 bits per heavy atom. The van der Waals surface area contributed by atoms with Gasteiger partial charge in [-0.1, -0.05) is 43.7 Å². The Morgan fingerprint density at radius 1 is 1.20 bits per heavy atom. The van der Waals surface area contributed by atoms with Gasteiger partial charge in [-0.05, 0) is 6.42 Å². The molecule has 0 fully saturated rings. The first-order valence-corrected chi connectivity index (χ1v) is 5.18. The van der Waals surface area contributed by atoms with Crippen molar-refractivity contribution in [3.63, 3.8) is 0 Å². The second-order valence-electron chi connectivity index (χ2n) is 3.48. The van der Waals surface area contributed by atoms with Crippen LogP contribution in [-0.4, -0.2) is 13.2 Å². The number of benzene rings is 1. The van der Waals surface area contributed by atoms with Gasteiger partial charge in [0.05, 0.1) is 0 Å². The fourth-order valence-electron chi connectivity index (χ4n) is 1.21. The predicted octanol–water partition coefficient (Wildman–Crippen LogP) is 3.60. The van der Waals surface area contributed by atoms with Crippen molar-refractivity contribution < 1.29 is 13.5 Å². The lowest BCUT2D eigenvalue weighted by molar-refractivity contribution is -0.0829. The van der Waals surface area contributed by atoms with Gasteiger partial charge < -0.3 is 4.74 Å². The summed E-state index contributed by atoms with van der Waals surface area (Å²) < 4.78 is 31.9. The highest BCUT2D eigenvalue weighted by Gasteiger charge is 2.31. The van der Waals surface area contributed by atoms with Gasteiger partial charge in [0, 0.05) is 12.2 Å². The molecule has 1 nitrogen and oxygen atoms in total. The van der Waals surface area contributed by atoms with Crippen LogP contribution >= 0.6 is 0 Å². The summed E-state index contributed by atoms with van der Waals surface area (Å²) in [7, 11) is 0. The van der Waals surface area contributed by atoms with Gasteiger partial charge >= 0.3 is 0 Å². The third kappa shape index (κ3) is 3.96. The molecule has 0 aromatic heterocycles. The molecular weight excluding hydrogens is 198 g/mol. The lowest BCUT2D eigenvalue weighted by Crippen LogP contribution is -2.21. The van der Waals surface area contributed by atoms with Crippen LogP contribution in [0.1, 0.15) is 25.3 Å². The summed E-state index contributed by atoms with van der Waals surface area (Å²) in [6.45, 7) is 1.87. The first-order chi connectivity index (χ1) is 7.17. The topological polar surface area (TPSA) is 9.23 Å². The second kappa shape index (κ2) is 5.81. The van der Waals surface area contributed by atoms with Crippen LogP contribution in [-0.2, 0) is 10.7 Å². The van der Waals surface area contributed by atoms with E-state index in [1.807, 2.05) is 6.92 Å². The van der Waals surface area contributed by atoms with E-state index in [1.54, 1.807) is 18.2 Å². The molecule has 3 heteroatoms. The molecule has 0 radical (unpaired) electrons. The molecule has 15 heavy (non-hydrogen) atoms. The number of alkyl halides is 2. The van der Waals surface area contributed by atoms with Gasteiger partial charge in [-0.3, -0.25) is 0 Å². The molecule has 0 unspecified atom stereocenters. The zero-order chi connectivity index (χ0) is 11.1.